The van der Waals surface area contributed by atoms with E-state index in [1.807, 2.05) is 24.3 Å². The van der Waals surface area contributed by atoms with Gasteiger partial charge in [-0.05, 0) is 60.0 Å². The molecule has 0 saturated carbocycles. The van der Waals surface area contributed by atoms with Crippen LogP contribution in [0.2, 0.25) is 0 Å². The first-order valence-electron chi connectivity index (χ1n) is 8.95. The second kappa shape index (κ2) is 7.84. The lowest BCUT2D eigenvalue weighted by Crippen LogP contribution is -2.26. The fourth-order valence-corrected chi connectivity index (χ4v) is 4.06. The SMILES string of the molecule is COc1ccc2c(OCCN3C=CC=C(c4cc(C)cs4)C3)ccnc2c1. The summed E-state index contributed by atoms with van der Waals surface area (Å²) < 4.78 is 11.3. The fraction of sp³-hybridized carbons (Fsp3) is 0.227. The van der Waals surface area contributed by atoms with Gasteiger partial charge in [-0.3, -0.25) is 4.98 Å². The van der Waals surface area contributed by atoms with Crippen LogP contribution in [0.25, 0.3) is 16.5 Å². The largest absolute Gasteiger partial charge is 0.497 e. The highest BCUT2D eigenvalue weighted by Crippen LogP contribution is 2.28. The van der Waals surface area contributed by atoms with E-state index in [9.17, 15) is 0 Å². The number of ether oxygens (including phenoxy) is 2. The van der Waals surface area contributed by atoms with Gasteiger partial charge >= 0.3 is 0 Å². The van der Waals surface area contributed by atoms with Gasteiger partial charge in [0.1, 0.15) is 18.1 Å². The molecule has 5 heteroatoms. The first-order valence-corrected chi connectivity index (χ1v) is 9.83. The molecule has 0 fully saturated rings. The Kier molecular flexibility index (Phi) is 5.12. The van der Waals surface area contributed by atoms with Crippen LogP contribution < -0.4 is 9.47 Å². The smallest absolute Gasteiger partial charge is 0.130 e. The lowest BCUT2D eigenvalue weighted by molar-refractivity contribution is 0.267. The Labute approximate surface area is 163 Å². The summed E-state index contributed by atoms with van der Waals surface area (Å²) in [4.78, 5) is 8.04. The number of aryl methyl sites for hydroxylation is 1. The molecule has 0 radical (unpaired) electrons. The molecule has 1 aromatic carbocycles. The van der Waals surface area contributed by atoms with Gasteiger partial charge in [0, 0.05) is 29.1 Å². The predicted molar refractivity (Wildman–Crippen MR) is 112 cm³/mol. The fourth-order valence-electron chi connectivity index (χ4n) is 3.15. The van der Waals surface area contributed by atoms with Gasteiger partial charge in [-0.15, -0.1) is 11.3 Å². The minimum atomic E-state index is 0.617. The summed E-state index contributed by atoms with van der Waals surface area (Å²) in [5.74, 6) is 1.65. The molecule has 3 heterocycles. The molecule has 0 N–H and O–H groups in total. The van der Waals surface area contributed by atoms with E-state index in [0.29, 0.717) is 6.61 Å². The van der Waals surface area contributed by atoms with Gasteiger partial charge in [0.15, 0.2) is 0 Å². The van der Waals surface area contributed by atoms with Crippen LogP contribution >= 0.6 is 11.3 Å². The molecular formula is C22H22N2O2S. The van der Waals surface area contributed by atoms with Gasteiger partial charge < -0.3 is 14.4 Å². The van der Waals surface area contributed by atoms with Crippen molar-refractivity contribution < 1.29 is 9.47 Å². The van der Waals surface area contributed by atoms with Crippen molar-refractivity contribution in [2.75, 3.05) is 26.8 Å². The van der Waals surface area contributed by atoms with Crippen molar-refractivity contribution in [2.24, 2.45) is 0 Å². The number of methoxy groups -OCH3 is 1. The van der Waals surface area contributed by atoms with Crippen molar-refractivity contribution in [3.05, 3.63) is 70.7 Å². The van der Waals surface area contributed by atoms with Crippen molar-refractivity contribution in [3.8, 4) is 11.5 Å². The van der Waals surface area contributed by atoms with E-state index in [1.165, 1.54) is 16.0 Å². The number of fused-ring (bicyclic) bond motifs is 1. The van der Waals surface area contributed by atoms with E-state index in [1.54, 1.807) is 24.6 Å². The Morgan fingerprint density at radius 1 is 1.22 bits per heavy atom. The van der Waals surface area contributed by atoms with E-state index < -0.39 is 0 Å². The van der Waals surface area contributed by atoms with Crippen LogP contribution in [-0.4, -0.2) is 36.7 Å². The molecule has 0 saturated heterocycles. The van der Waals surface area contributed by atoms with Crippen molar-refractivity contribution >= 4 is 27.8 Å². The Balaban J connectivity index is 1.38. The molecule has 138 valence electrons. The lowest BCUT2D eigenvalue weighted by Gasteiger charge is -2.24. The van der Waals surface area contributed by atoms with Gasteiger partial charge in [-0.25, -0.2) is 0 Å². The summed E-state index contributed by atoms with van der Waals surface area (Å²) in [6.07, 6.45) is 8.22. The quantitative estimate of drug-likeness (QED) is 0.611. The first kappa shape index (κ1) is 17.6. The molecule has 27 heavy (non-hydrogen) atoms. The van der Waals surface area contributed by atoms with Gasteiger partial charge in [-0.1, -0.05) is 6.08 Å². The highest BCUT2D eigenvalue weighted by atomic mass is 32.1. The van der Waals surface area contributed by atoms with Crippen molar-refractivity contribution in [1.82, 2.24) is 9.88 Å². The van der Waals surface area contributed by atoms with Crippen molar-refractivity contribution in [2.45, 2.75) is 6.92 Å². The number of benzene rings is 1. The number of allylic oxidation sites excluding steroid dienone is 2. The molecule has 0 amide bonds. The van der Waals surface area contributed by atoms with E-state index in [-0.39, 0.29) is 0 Å². The predicted octanol–water partition coefficient (Wildman–Crippen LogP) is 4.91. The normalized spacial score (nSPS) is 13.7. The standard InChI is InChI=1S/C22H22N2O2S/c1-16-12-22(27-15-16)17-4-3-9-24(14-17)10-11-26-21-7-8-23-20-13-18(25-2)5-6-19(20)21/h3-9,12-13,15H,10-11,14H2,1-2H3. The maximum absolute atomic E-state index is 6.07. The van der Waals surface area contributed by atoms with Crippen LogP contribution in [0.15, 0.2) is 60.3 Å². The Bertz CT molecular complexity index is 1010. The van der Waals surface area contributed by atoms with Crippen LogP contribution in [0, 0.1) is 6.92 Å². The second-order valence-corrected chi connectivity index (χ2v) is 7.44. The number of thiophene rings is 1. The van der Waals surface area contributed by atoms with Gasteiger partial charge in [0.2, 0.25) is 0 Å². The van der Waals surface area contributed by atoms with Crippen LogP contribution in [0.3, 0.4) is 0 Å². The van der Waals surface area contributed by atoms with E-state index in [0.717, 1.165) is 35.5 Å². The van der Waals surface area contributed by atoms with Gasteiger partial charge in [0.05, 0.1) is 19.2 Å². The topological polar surface area (TPSA) is 34.6 Å². The van der Waals surface area contributed by atoms with Crippen LogP contribution in [0.1, 0.15) is 10.4 Å². The zero-order valence-corrected chi connectivity index (χ0v) is 16.3. The summed E-state index contributed by atoms with van der Waals surface area (Å²) in [5.41, 5.74) is 3.56. The molecule has 1 aliphatic rings. The Hall–Kier alpha value is -2.79. The van der Waals surface area contributed by atoms with Crippen LogP contribution in [0.5, 0.6) is 11.5 Å². The maximum Gasteiger partial charge on any atom is 0.130 e. The number of pyridine rings is 1. The minimum Gasteiger partial charge on any atom is -0.497 e. The van der Waals surface area contributed by atoms with Gasteiger partial charge in [0.25, 0.3) is 0 Å². The summed E-state index contributed by atoms with van der Waals surface area (Å²) >= 11 is 1.81. The number of rotatable bonds is 6. The molecule has 1 aliphatic heterocycles. The lowest BCUT2D eigenvalue weighted by atomic mass is 10.1. The number of hydrogen-bond donors (Lipinski definition) is 0. The maximum atomic E-state index is 6.07. The zero-order chi connectivity index (χ0) is 18.6. The summed E-state index contributed by atoms with van der Waals surface area (Å²) in [7, 11) is 1.66. The third-order valence-corrected chi connectivity index (χ3v) is 5.68. The van der Waals surface area contributed by atoms with Crippen LogP contribution in [0.4, 0.5) is 0 Å². The molecule has 0 unspecified atom stereocenters. The van der Waals surface area contributed by atoms with Crippen LogP contribution in [-0.2, 0) is 0 Å². The molecule has 4 rings (SSSR count). The monoisotopic (exact) mass is 378 g/mol. The molecule has 0 atom stereocenters. The summed E-state index contributed by atoms with van der Waals surface area (Å²) in [5, 5.41) is 3.20. The zero-order valence-electron chi connectivity index (χ0n) is 15.5. The van der Waals surface area contributed by atoms with Crippen molar-refractivity contribution in [1.29, 1.82) is 0 Å². The summed E-state index contributed by atoms with van der Waals surface area (Å²) in [6.45, 7) is 4.50. The Morgan fingerprint density at radius 3 is 2.96 bits per heavy atom. The minimum absolute atomic E-state index is 0.617. The average molecular weight is 378 g/mol. The molecular weight excluding hydrogens is 356 g/mol. The molecule has 2 aromatic heterocycles. The van der Waals surface area contributed by atoms with Gasteiger partial charge in [-0.2, -0.15) is 0 Å². The van der Waals surface area contributed by atoms with E-state index in [2.05, 4.69) is 46.6 Å². The third kappa shape index (κ3) is 3.98. The molecule has 4 nitrogen and oxygen atoms in total. The van der Waals surface area contributed by atoms with E-state index in [4.69, 9.17) is 9.47 Å². The number of hydrogen-bond acceptors (Lipinski definition) is 5. The second-order valence-electron chi connectivity index (χ2n) is 6.53. The van der Waals surface area contributed by atoms with E-state index >= 15 is 0 Å². The molecule has 0 aliphatic carbocycles. The third-order valence-electron chi connectivity index (χ3n) is 4.56. The summed E-state index contributed by atoms with van der Waals surface area (Å²) in [6, 6.07) is 10.0. The first-order chi connectivity index (χ1) is 13.2. The highest BCUT2D eigenvalue weighted by Gasteiger charge is 2.12. The molecule has 3 aromatic rings. The average Bonchev–Trinajstić information content (AvgIpc) is 3.14. The number of nitrogens with zero attached hydrogens (tertiary/aromatic N) is 2. The number of aromatic nitrogens is 1. The van der Waals surface area contributed by atoms with Crippen molar-refractivity contribution in [3.63, 3.8) is 0 Å². The molecule has 0 spiro atoms. The molecule has 0 bridgehead atoms. The highest BCUT2D eigenvalue weighted by molar-refractivity contribution is 7.11. The Morgan fingerprint density at radius 2 is 2.15 bits per heavy atom.